The van der Waals surface area contributed by atoms with Crippen molar-refractivity contribution >= 4 is 29.4 Å². The third-order valence-corrected chi connectivity index (χ3v) is 3.60. The Morgan fingerprint density at radius 2 is 2.21 bits per heavy atom. The van der Waals surface area contributed by atoms with E-state index in [2.05, 4.69) is 26.0 Å². The average molecular weight is 331 g/mol. The number of aromatic hydroxyl groups is 1. The van der Waals surface area contributed by atoms with E-state index in [4.69, 9.17) is 0 Å². The summed E-state index contributed by atoms with van der Waals surface area (Å²) >= 11 is 0. The second kappa shape index (κ2) is 8.09. The van der Waals surface area contributed by atoms with Crippen molar-refractivity contribution < 1.29 is 14.7 Å². The van der Waals surface area contributed by atoms with Crippen molar-refractivity contribution in [3.8, 4) is 5.75 Å². The van der Waals surface area contributed by atoms with E-state index in [-0.39, 0.29) is 30.4 Å². The molecule has 0 saturated heterocycles. The first-order valence-corrected chi connectivity index (χ1v) is 7.77. The van der Waals surface area contributed by atoms with Gasteiger partial charge in [-0.25, -0.2) is 10.9 Å². The van der Waals surface area contributed by atoms with Crippen molar-refractivity contribution in [1.82, 2.24) is 10.9 Å². The molecule has 8 nitrogen and oxygen atoms in total. The topological polar surface area (TPSA) is 106 Å². The highest BCUT2D eigenvalue weighted by atomic mass is 16.3. The fourth-order valence-electron chi connectivity index (χ4n) is 2.33. The predicted molar refractivity (Wildman–Crippen MR) is 92.2 cm³/mol. The molecule has 0 aromatic heterocycles. The van der Waals surface area contributed by atoms with E-state index in [1.807, 2.05) is 19.9 Å². The van der Waals surface area contributed by atoms with E-state index >= 15 is 0 Å². The van der Waals surface area contributed by atoms with Crippen LogP contribution in [-0.4, -0.2) is 41.9 Å². The highest BCUT2D eigenvalue weighted by molar-refractivity contribution is 6.11. The largest absolute Gasteiger partial charge is 0.507 e. The quantitative estimate of drug-likeness (QED) is 0.511. The zero-order valence-corrected chi connectivity index (χ0v) is 13.7. The van der Waals surface area contributed by atoms with E-state index in [9.17, 15) is 14.7 Å². The molecule has 0 radical (unpaired) electrons. The van der Waals surface area contributed by atoms with Gasteiger partial charge < -0.3 is 10.0 Å². The van der Waals surface area contributed by atoms with Gasteiger partial charge in [0.2, 0.25) is 11.8 Å². The third kappa shape index (κ3) is 4.55. The van der Waals surface area contributed by atoms with Gasteiger partial charge in [-0.05, 0) is 26.0 Å². The zero-order valence-electron chi connectivity index (χ0n) is 13.7. The average Bonchev–Trinajstić information content (AvgIpc) is 2.95. The molecule has 0 spiro atoms. The Morgan fingerprint density at radius 1 is 1.46 bits per heavy atom. The molecule has 0 atom stereocenters. The molecule has 128 valence electrons. The maximum Gasteiger partial charge on any atom is 0.245 e. The second-order valence-corrected chi connectivity index (χ2v) is 5.28. The van der Waals surface area contributed by atoms with Crippen LogP contribution >= 0.6 is 0 Å². The molecule has 1 aliphatic rings. The van der Waals surface area contributed by atoms with Crippen LogP contribution < -0.4 is 15.8 Å². The molecule has 8 heteroatoms. The molecular weight excluding hydrogens is 310 g/mol. The van der Waals surface area contributed by atoms with Crippen LogP contribution in [0.3, 0.4) is 0 Å². The predicted octanol–water partition coefficient (Wildman–Crippen LogP) is 0.954. The Kier molecular flexibility index (Phi) is 5.89. The van der Waals surface area contributed by atoms with Gasteiger partial charge in [0.25, 0.3) is 0 Å². The molecule has 1 aromatic carbocycles. The van der Waals surface area contributed by atoms with E-state index in [1.165, 1.54) is 6.21 Å². The number of rotatable bonds is 7. The molecule has 1 aliphatic heterocycles. The Balaban J connectivity index is 1.92. The van der Waals surface area contributed by atoms with E-state index < -0.39 is 0 Å². The lowest BCUT2D eigenvalue weighted by molar-refractivity contribution is -0.119. The number of nitrogens with one attached hydrogen (secondary N) is 2. The zero-order chi connectivity index (χ0) is 17.5. The summed E-state index contributed by atoms with van der Waals surface area (Å²) in [5, 5.41) is 17.6. The number of phenols is 1. The van der Waals surface area contributed by atoms with E-state index in [1.54, 1.807) is 12.1 Å². The fourth-order valence-corrected chi connectivity index (χ4v) is 2.33. The Morgan fingerprint density at radius 3 is 2.79 bits per heavy atom. The molecule has 0 aliphatic carbocycles. The summed E-state index contributed by atoms with van der Waals surface area (Å²) in [6, 6.07) is 5.30. The molecular formula is C16H21N5O3. The Hall–Kier alpha value is -2.90. The number of benzene rings is 1. The summed E-state index contributed by atoms with van der Waals surface area (Å²) in [5.41, 5.74) is 6.53. The van der Waals surface area contributed by atoms with Gasteiger partial charge in [-0.1, -0.05) is 0 Å². The van der Waals surface area contributed by atoms with E-state index in [0.29, 0.717) is 11.3 Å². The van der Waals surface area contributed by atoms with Crippen molar-refractivity contribution in [2.24, 2.45) is 10.2 Å². The molecule has 2 amide bonds. The van der Waals surface area contributed by atoms with Gasteiger partial charge in [0, 0.05) is 30.4 Å². The van der Waals surface area contributed by atoms with Gasteiger partial charge in [0.15, 0.2) is 0 Å². The lowest BCUT2D eigenvalue weighted by atomic mass is 10.2. The van der Waals surface area contributed by atoms with Crippen LogP contribution in [0.15, 0.2) is 28.4 Å². The molecule has 24 heavy (non-hydrogen) atoms. The lowest BCUT2D eigenvalue weighted by Crippen LogP contribution is -2.21. The van der Waals surface area contributed by atoms with Gasteiger partial charge >= 0.3 is 0 Å². The van der Waals surface area contributed by atoms with E-state index in [0.717, 1.165) is 18.8 Å². The van der Waals surface area contributed by atoms with Crippen LogP contribution in [0.5, 0.6) is 5.75 Å². The van der Waals surface area contributed by atoms with Gasteiger partial charge in [0.05, 0.1) is 24.8 Å². The van der Waals surface area contributed by atoms with Crippen LogP contribution in [0.1, 0.15) is 32.3 Å². The summed E-state index contributed by atoms with van der Waals surface area (Å²) in [4.78, 5) is 24.8. The molecule has 0 bridgehead atoms. The summed E-state index contributed by atoms with van der Waals surface area (Å²) in [7, 11) is 0. The van der Waals surface area contributed by atoms with Crippen molar-refractivity contribution in [3.63, 3.8) is 0 Å². The standard InChI is InChI=1S/C16H21N5O3/c1-3-21(4-2)13-6-5-11(14(22)9-13)10-17-19-15(23)7-12-8-16(24)20-18-12/h5-6,9-10,22H,3-4,7-8H2,1-2H3,(H,19,23)(H,20,24)/b17-10+. The lowest BCUT2D eigenvalue weighted by Gasteiger charge is -2.21. The number of anilines is 1. The van der Waals surface area contributed by atoms with Gasteiger partial charge in [-0.2, -0.15) is 10.2 Å². The summed E-state index contributed by atoms with van der Waals surface area (Å²) in [6.07, 6.45) is 1.51. The number of nitrogens with zero attached hydrogens (tertiary/aromatic N) is 3. The normalized spacial score (nSPS) is 13.8. The highest BCUT2D eigenvalue weighted by Gasteiger charge is 2.17. The number of carbonyl (C=O) groups excluding carboxylic acids is 2. The first-order chi connectivity index (χ1) is 11.5. The molecule has 2 rings (SSSR count). The minimum atomic E-state index is -0.374. The van der Waals surface area contributed by atoms with Crippen molar-refractivity contribution in [2.75, 3.05) is 18.0 Å². The number of hydrogen-bond acceptors (Lipinski definition) is 6. The number of phenolic OH excluding ortho intramolecular Hbond substituents is 1. The smallest absolute Gasteiger partial charge is 0.245 e. The minimum Gasteiger partial charge on any atom is -0.507 e. The molecule has 0 unspecified atom stereocenters. The monoisotopic (exact) mass is 331 g/mol. The number of hydrogen-bond donors (Lipinski definition) is 3. The number of amides is 2. The fraction of sp³-hybridized carbons (Fsp3) is 0.375. The molecule has 1 aromatic rings. The van der Waals surface area contributed by atoms with Crippen LogP contribution in [0.4, 0.5) is 5.69 Å². The minimum absolute atomic E-state index is 0.00294. The van der Waals surface area contributed by atoms with Gasteiger partial charge in [-0.3, -0.25) is 9.59 Å². The highest BCUT2D eigenvalue weighted by Crippen LogP contribution is 2.23. The second-order valence-electron chi connectivity index (χ2n) is 5.28. The SMILES string of the molecule is CCN(CC)c1ccc(/C=N/NC(=O)CC2=NNC(=O)C2)c(O)c1. The molecule has 3 N–H and O–H groups in total. The van der Waals surface area contributed by atoms with Crippen molar-refractivity contribution in [2.45, 2.75) is 26.7 Å². The maximum absolute atomic E-state index is 11.7. The first kappa shape index (κ1) is 17.5. The summed E-state index contributed by atoms with van der Waals surface area (Å²) < 4.78 is 0. The number of carbonyl (C=O) groups is 2. The van der Waals surface area contributed by atoms with Crippen molar-refractivity contribution in [3.05, 3.63) is 23.8 Å². The number of hydrazone groups is 2. The van der Waals surface area contributed by atoms with Gasteiger partial charge in [0.1, 0.15) is 5.75 Å². The van der Waals surface area contributed by atoms with Crippen LogP contribution in [0, 0.1) is 0 Å². The Labute approximate surface area is 140 Å². The summed E-state index contributed by atoms with van der Waals surface area (Å²) in [6.45, 7) is 5.79. The van der Waals surface area contributed by atoms with Crippen molar-refractivity contribution in [1.29, 1.82) is 0 Å². The first-order valence-electron chi connectivity index (χ1n) is 7.77. The molecule has 1 heterocycles. The summed E-state index contributed by atoms with van der Waals surface area (Å²) in [5.74, 6) is -0.507. The third-order valence-electron chi connectivity index (χ3n) is 3.60. The molecule has 0 saturated carbocycles. The van der Waals surface area contributed by atoms with Crippen LogP contribution in [0.2, 0.25) is 0 Å². The molecule has 0 fully saturated rings. The van der Waals surface area contributed by atoms with Crippen LogP contribution in [0.25, 0.3) is 0 Å². The van der Waals surface area contributed by atoms with Crippen LogP contribution in [-0.2, 0) is 9.59 Å². The van der Waals surface area contributed by atoms with Gasteiger partial charge in [-0.15, -0.1) is 0 Å². The maximum atomic E-state index is 11.7. The Bertz CT molecular complexity index is 680.